The lowest BCUT2D eigenvalue weighted by atomic mass is 10.0. The van der Waals surface area contributed by atoms with Crippen molar-refractivity contribution in [3.05, 3.63) is 12.0 Å². The Morgan fingerprint density at radius 3 is 3.06 bits per heavy atom. The molecule has 1 saturated heterocycles. The molecule has 3 rings (SSSR count). The summed E-state index contributed by atoms with van der Waals surface area (Å²) >= 11 is 0. The normalized spacial score (nSPS) is 21.1. The van der Waals surface area contributed by atoms with Crippen molar-refractivity contribution in [2.75, 3.05) is 11.4 Å². The second kappa shape index (κ2) is 3.98. The van der Waals surface area contributed by atoms with Gasteiger partial charge in [0.15, 0.2) is 5.65 Å². The summed E-state index contributed by atoms with van der Waals surface area (Å²) in [7, 11) is 0. The highest BCUT2D eigenvalue weighted by molar-refractivity contribution is 5.86. The van der Waals surface area contributed by atoms with Crippen LogP contribution < -0.4 is 4.90 Å². The Bertz CT molecular complexity index is 533. The number of piperidine rings is 1. The van der Waals surface area contributed by atoms with Gasteiger partial charge >= 0.3 is 0 Å². The highest BCUT2D eigenvalue weighted by Crippen LogP contribution is 2.28. The SMILES string of the molecule is Cc1nc(N2CCCCC2C)c2cn[nH]c2n1. The first-order valence-corrected chi connectivity index (χ1v) is 6.20. The highest BCUT2D eigenvalue weighted by Gasteiger charge is 2.22. The molecular formula is C12H17N5. The highest BCUT2D eigenvalue weighted by atomic mass is 15.2. The van der Waals surface area contributed by atoms with Crippen LogP contribution in [-0.2, 0) is 0 Å². The van der Waals surface area contributed by atoms with Crippen LogP contribution >= 0.6 is 0 Å². The number of hydrogen-bond donors (Lipinski definition) is 1. The lowest BCUT2D eigenvalue weighted by Crippen LogP contribution is -2.38. The van der Waals surface area contributed by atoms with Crippen molar-refractivity contribution < 1.29 is 0 Å². The summed E-state index contributed by atoms with van der Waals surface area (Å²) in [6, 6.07) is 0.552. The predicted molar refractivity (Wildman–Crippen MR) is 67.1 cm³/mol. The third-order valence-corrected chi connectivity index (χ3v) is 3.48. The summed E-state index contributed by atoms with van der Waals surface area (Å²) in [5.41, 5.74) is 0.838. The van der Waals surface area contributed by atoms with E-state index >= 15 is 0 Å². The zero-order valence-corrected chi connectivity index (χ0v) is 10.3. The van der Waals surface area contributed by atoms with Crippen molar-refractivity contribution in [1.29, 1.82) is 0 Å². The molecule has 17 heavy (non-hydrogen) atoms. The van der Waals surface area contributed by atoms with Gasteiger partial charge in [0.1, 0.15) is 11.6 Å². The number of rotatable bonds is 1. The minimum atomic E-state index is 0.552. The largest absolute Gasteiger partial charge is 0.353 e. The van der Waals surface area contributed by atoms with E-state index in [0.29, 0.717) is 6.04 Å². The van der Waals surface area contributed by atoms with Gasteiger partial charge in [0.2, 0.25) is 0 Å². The second-order valence-corrected chi connectivity index (χ2v) is 4.76. The van der Waals surface area contributed by atoms with Crippen LogP contribution in [0, 0.1) is 6.92 Å². The fraction of sp³-hybridized carbons (Fsp3) is 0.583. The molecular weight excluding hydrogens is 214 g/mol. The van der Waals surface area contributed by atoms with Gasteiger partial charge in [-0.05, 0) is 33.1 Å². The summed E-state index contributed by atoms with van der Waals surface area (Å²) in [5.74, 6) is 1.84. The summed E-state index contributed by atoms with van der Waals surface area (Å²) in [6.07, 6.45) is 5.62. The molecule has 0 saturated carbocycles. The fourth-order valence-corrected chi connectivity index (χ4v) is 2.56. The van der Waals surface area contributed by atoms with Crippen molar-refractivity contribution >= 4 is 16.9 Å². The van der Waals surface area contributed by atoms with Crippen LogP contribution in [0.15, 0.2) is 6.20 Å². The molecule has 0 radical (unpaired) electrons. The summed E-state index contributed by atoms with van der Waals surface area (Å²) in [4.78, 5) is 11.3. The third kappa shape index (κ3) is 1.75. The van der Waals surface area contributed by atoms with Gasteiger partial charge in [-0.25, -0.2) is 9.97 Å². The van der Waals surface area contributed by atoms with Gasteiger partial charge < -0.3 is 4.90 Å². The Hall–Kier alpha value is -1.65. The van der Waals surface area contributed by atoms with Gasteiger partial charge in [-0.3, -0.25) is 5.10 Å². The second-order valence-electron chi connectivity index (χ2n) is 4.76. The standard InChI is InChI=1S/C12H17N5/c1-8-5-3-4-6-17(8)12-10-7-13-16-11(10)14-9(2)15-12/h7-8H,3-6H2,1-2H3,(H,13,14,15,16). The summed E-state index contributed by atoms with van der Waals surface area (Å²) < 4.78 is 0. The summed E-state index contributed by atoms with van der Waals surface area (Å²) in [5, 5.41) is 8.03. The van der Waals surface area contributed by atoms with E-state index in [4.69, 9.17) is 0 Å². The van der Waals surface area contributed by atoms with Crippen molar-refractivity contribution in [3.63, 3.8) is 0 Å². The first kappa shape index (κ1) is 10.5. The molecule has 2 aromatic rings. The van der Waals surface area contributed by atoms with Crippen LogP contribution in [0.2, 0.25) is 0 Å². The van der Waals surface area contributed by atoms with Crippen molar-refractivity contribution in [3.8, 4) is 0 Å². The molecule has 90 valence electrons. The van der Waals surface area contributed by atoms with Crippen LogP contribution in [0.25, 0.3) is 11.0 Å². The molecule has 3 heterocycles. The average molecular weight is 231 g/mol. The van der Waals surface area contributed by atoms with E-state index in [1.165, 1.54) is 19.3 Å². The number of fused-ring (bicyclic) bond motifs is 1. The van der Waals surface area contributed by atoms with Gasteiger partial charge in [0, 0.05) is 12.6 Å². The first-order chi connectivity index (χ1) is 8.25. The Morgan fingerprint density at radius 1 is 1.35 bits per heavy atom. The maximum absolute atomic E-state index is 4.60. The minimum absolute atomic E-state index is 0.552. The van der Waals surface area contributed by atoms with Crippen LogP contribution in [0.3, 0.4) is 0 Å². The minimum Gasteiger partial charge on any atom is -0.353 e. The Balaban J connectivity index is 2.11. The lowest BCUT2D eigenvalue weighted by molar-refractivity contribution is 0.482. The number of H-pyrrole nitrogens is 1. The molecule has 1 atom stereocenters. The molecule has 0 aromatic carbocycles. The van der Waals surface area contributed by atoms with E-state index in [1.54, 1.807) is 0 Å². The van der Waals surface area contributed by atoms with E-state index in [1.807, 2.05) is 13.1 Å². The number of nitrogens with zero attached hydrogens (tertiary/aromatic N) is 4. The molecule has 5 nitrogen and oxygen atoms in total. The number of aromatic nitrogens is 4. The maximum Gasteiger partial charge on any atom is 0.161 e. The molecule has 1 aliphatic heterocycles. The number of aromatic amines is 1. The maximum atomic E-state index is 4.60. The van der Waals surface area contributed by atoms with Crippen molar-refractivity contribution in [2.24, 2.45) is 0 Å². The molecule has 2 aromatic heterocycles. The quantitative estimate of drug-likeness (QED) is 0.816. The fourth-order valence-electron chi connectivity index (χ4n) is 2.56. The Labute approximate surface area is 100 Å². The lowest BCUT2D eigenvalue weighted by Gasteiger charge is -2.34. The van der Waals surface area contributed by atoms with Crippen LogP contribution in [0.4, 0.5) is 5.82 Å². The number of aryl methyl sites for hydroxylation is 1. The summed E-state index contributed by atoms with van der Waals surface area (Å²) in [6.45, 7) is 5.28. The monoisotopic (exact) mass is 231 g/mol. The molecule has 1 fully saturated rings. The topological polar surface area (TPSA) is 57.7 Å². The van der Waals surface area contributed by atoms with E-state index in [2.05, 4.69) is 32.0 Å². The number of anilines is 1. The average Bonchev–Trinajstić information content (AvgIpc) is 2.76. The van der Waals surface area contributed by atoms with Crippen LogP contribution in [0.1, 0.15) is 32.0 Å². The van der Waals surface area contributed by atoms with E-state index < -0.39 is 0 Å². The Morgan fingerprint density at radius 2 is 2.24 bits per heavy atom. The molecule has 1 unspecified atom stereocenters. The number of nitrogens with one attached hydrogen (secondary N) is 1. The van der Waals surface area contributed by atoms with E-state index in [9.17, 15) is 0 Å². The van der Waals surface area contributed by atoms with Gasteiger partial charge in [-0.1, -0.05) is 0 Å². The van der Waals surface area contributed by atoms with Crippen LogP contribution in [0.5, 0.6) is 0 Å². The Kier molecular flexibility index (Phi) is 2.46. The third-order valence-electron chi connectivity index (χ3n) is 3.48. The van der Waals surface area contributed by atoms with Gasteiger partial charge in [0.25, 0.3) is 0 Å². The van der Waals surface area contributed by atoms with Gasteiger partial charge in [-0.2, -0.15) is 5.10 Å². The molecule has 1 aliphatic rings. The molecule has 0 bridgehead atoms. The zero-order valence-electron chi connectivity index (χ0n) is 10.3. The van der Waals surface area contributed by atoms with Crippen LogP contribution in [-0.4, -0.2) is 32.8 Å². The van der Waals surface area contributed by atoms with E-state index in [0.717, 1.165) is 29.2 Å². The molecule has 0 spiro atoms. The van der Waals surface area contributed by atoms with Crippen molar-refractivity contribution in [2.45, 2.75) is 39.2 Å². The van der Waals surface area contributed by atoms with Gasteiger partial charge in [-0.15, -0.1) is 0 Å². The molecule has 1 N–H and O–H groups in total. The van der Waals surface area contributed by atoms with E-state index in [-0.39, 0.29) is 0 Å². The smallest absolute Gasteiger partial charge is 0.161 e. The van der Waals surface area contributed by atoms with Gasteiger partial charge in [0.05, 0.1) is 11.6 Å². The predicted octanol–water partition coefficient (Wildman–Crippen LogP) is 2.04. The molecule has 0 aliphatic carbocycles. The number of hydrogen-bond acceptors (Lipinski definition) is 4. The van der Waals surface area contributed by atoms with Crippen molar-refractivity contribution in [1.82, 2.24) is 20.2 Å². The molecule has 0 amide bonds. The first-order valence-electron chi connectivity index (χ1n) is 6.20. The molecule has 5 heteroatoms. The zero-order chi connectivity index (χ0) is 11.8.